The number of rotatable bonds is 5. The number of aromatic nitrogens is 1. The van der Waals surface area contributed by atoms with Gasteiger partial charge in [-0.05, 0) is 50.1 Å². The molecule has 0 unspecified atom stereocenters. The number of carbonyl (C=O) groups is 1. The number of nitrogens with zero attached hydrogens (tertiary/aromatic N) is 2. The van der Waals surface area contributed by atoms with Crippen LogP contribution in [0.25, 0.3) is 0 Å². The minimum atomic E-state index is -0.304. The lowest BCUT2D eigenvalue weighted by molar-refractivity contribution is -0.123. The van der Waals surface area contributed by atoms with E-state index < -0.39 is 0 Å². The average molecular weight is 297 g/mol. The van der Waals surface area contributed by atoms with E-state index in [1.54, 1.807) is 12.4 Å². The normalized spacial score (nSPS) is 11.1. The molecule has 0 radical (unpaired) electrons. The van der Waals surface area contributed by atoms with Gasteiger partial charge < -0.3 is 4.74 Å². The van der Waals surface area contributed by atoms with Gasteiger partial charge in [0.1, 0.15) is 5.75 Å². The van der Waals surface area contributed by atoms with Gasteiger partial charge in [0.15, 0.2) is 6.61 Å². The van der Waals surface area contributed by atoms with Crippen LogP contribution in [0.5, 0.6) is 5.75 Å². The number of aryl methyl sites for hydroxylation is 2. The van der Waals surface area contributed by atoms with Gasteiger partial charge in [0.2, 0.25) is 0 Å². The monoisotopic (exact) mass is 297 g/mol. The van der Waals surface area contributed by atoms with Gasteiger partial charge in [-0.3, -0.25) is 9.78 Å². The molecule has 0 fully saturated rings. The van der Waals surface area contributed by atoms with Gasteiger partial charge >= 0.3 is 0 Å². The van der Waals surface area contributed by atoms with E-state index in [4.69, 9.17) is 4.74 Å². The quantitative estimate of drug-likeness (QED) is 0.681. The van der Waals surface area contributed by atoms with Gasteiger partial charge in [-0.2, -0.15) is 5.10 Å². The molecule has 114 valence electrons. The number of hydrazone groups is 1. The molecule has 5 nitrogen and oxygen atoms in total. The second-order valence-electron chi connectivity index (χ2n) is 5.01. The van der Waals surface area contributed by atoms with Crippen LogP contribution in [0.3, 0.4) is 0 Å². The van der Waals surface area contributed by atoms with Gasteiger partial charge in [-0.25, -0.2) is 5.43 Å². The Bertz CT molecular complexity index is 682. The minimum Gasteiger partial charge on any atom is -0.484 e. The third-order valence-corrected chi connectivity index (χ3v) is 3.28. The topological polar surface area (TPSA) is 63.6 Å². The summed E-state index contributed by atoms with van der Waals surface area (Å²) in [6.07, 6.45) is 3.38. The summed E-state index contributed by atoms with van der Waals surface area (Å²) in [5, 5.41) is 4.04. The molecule has 2 aromatic rings. The number of amides is 1. The second-order valence-corrected chi connectivity index (χ2v) is 5.01. The molecule has 0 spiro atoms. The fourth-order valence-electron chi connectivity index (χ4n) is 1.77. The highest BCUT2D eigenvalue weighted by molar-refractivity contribution is 5.98. The van der Waals surface area contributed by atoms with E-state index in [0.29, 0.717) is 11.5 Å². The minimum absolute atomic E-state index is 0.0771. The SMILES string of the molecule is C/C(=N/NC(=O)COc1ccc(C)c(C)c1)c1cccnc1. The van der Waals surface area contributed by atoms with Crippen LogP contribution in [0.2, 0.25) is 0 Å². The second kappa shape index (κ2) is 7.36. The number of carbonyl (C=O) groups excluding carboxylic acids is 1. The lowest BCUT2D eigenvalue weighted by Crippen LogP contribution is -2.25. The maximum atomic E-state index is 11.7. The summed E-state index contributed by atoms with van der Waals surface area (Å²) in [6.45, 7) is 5.76. The summed E-state index contributed by atoms with van der Waals surface area (Å²) in [7, 11) is 0. The third kappa shape index (κ3) is 4.41. The molecule has 22 heavy (non-hydrogen) atoms. The van der Waals surface area contributed by atoms with Crippen LogP contribution < -0.4 is 10.2 Å². The molecule has 1 heterocycles. The number of pyridine rings is 1. The van der Waals surface area contributed by atoms with Crippen LogP contribution >= 0.6 is 0 Å². The average Bonchev–Trinajstić information content (AvgIpc) is 2.54. The summed E-state index contributed by atoms with van der Waals surface area (Å²) in [6, 6.07) is 9.42. The van der Waals surface area contributed by atoms with Crippen LogP contribution in [0.1, 0.15) is 23.6 Å². The summed E-state index contributed by atoms with van der Waals surface area (Å²) >= 11 is 0. The van der Waals surface area contributed by atoms with E-state index in [2.05, 4.69) is 15.5 Å². The highest BCUT2D eigenvalue weighted by atomic mass is 16.5. The highest BCUT2D eigenvalue weighted by Gasteiger charge is 2.04. The van der Waals surface area contributed by atoms with E-state index in [-0.39, 0.29) is 12.5 Å². The smallest absolute Gasteiger partial charge is 0.277 e. The predicted octanol–water partition coefficient (Wildman–Crippen LogP) is 2.62. The molecule has 1 aromatic carbocycles. The summed E-state index contributed by atoms with van der Waals surface area (Å²) in [5.74, 6) is 0.368. The molecule has 1 N–H and O–H groups in total. The van der Waals surface area contributed by atoms with Crippen molar-refractivity contribution in [1.29, 1.82) is 0 Å². The Labute approximate surface area is 130 Å². The number of hydrogen-bond donors (Lipinski definition) is 1. The van der Waals surface area contributed by atoms with Crippen LogP contribution in [-0.4, -0.2) is 23.2 Å². The van der Waals surface area contributed by atoms with E-state index in [1.165, 1.54) is 5.56 Å². The zero-order valence-electron chi connectivity index (χ0n) is 13.0. The van der Waals surface area contributed by atoms with Gasteiger partial charge in [0, 0.05) is 18.0 Å². The first kappa shape index (κ1) is 15.7. The van der Waals surface area contributed by atoms with Crippen molar-refractivity contribution < 1.29 is 9.53 Å². The lowest BCUT2D eigenvalue weighted by Gasteiger charge is -2.07. The Balaban J connectivity index is 1.86. The van der Waals surface area contributed by atoms with Crippen molar-refractivity contribution in [2.45, 2.75) is 20.8 Å². The Morgan fingerprint density at radius 1 is 1.27 bits per heavy atom. The third-order valence-electron chi connectivity index (χ3n) is 3.28. The maximum absolute atomic E-state index is 11.7. The number of benzene rings is 1. The van der Waals surface area contributed by atoms with Crippen molar-refractivity contribution >= 4 is 11.6 Å². The summed E-state index contributed by atoms with van der Waals surface area (Å²) in [4.78, 5) is 15.8. The van der Waals surface area contributed by atoms with Crippen molar-refractivity contribution in [3.05, 3.63) is 59.4 Å². The van der Waals surface area contributed by atoms with Gasteiger partial charge in [0.05, 0.1) is 5.71 Å². The Morgan fingerprint density at radius 3 is 2.77 bits per heavy atom. The van der Waals surface area contributed by atoms with Crippen molar-refractivity contribution in [1.82, 2.24) is 10.4 Å². The molecule has 1 amide bonds. The van der Waals surface area contributed by atoms with Crippen molar-refractivity contribution in [3.8, 4) is 5.75 Å². The van der Waals surface area contributed by atoms with Gasteiger partial charge in [0.25, 0.3) is 5.91 Å². The van der Waals surface area contributed by atoms with Crippen LogP contribution in [-0.2, 0) is 4.79 Å². The first-order valence-electron chi connectivity index (χ1n) is 7.00. The zero-order valence-corrected chi connectivity index (χ0v) is 13.0. The molecule has 0 atom stereocenters. The Hall–Kier alpha value is -2.69. The molecule has 0 bridgehead atoms. The molecule has 1 aromatic heterocycles. The van der Waals surface area contributed by atoms with Crippen LogP contribution in [0.15, 0.2) is 47.8 Å². The predicted molar refractivity (Wildman–Crippen MR) is 86.0 cm³/mol. The molecule has 0 saturated heterocycles. The molecule has 5 heteroatoms. The lowest BCUT2D eigenvalue weighted by atomic mass is 10.1. The highest BCUT2D eigenvalue weighted by Crippen LogP contribution is 2.16. The Kier molecular flexibility index (Phi) is 5.25. The fourth-order valence-corrected chi connectivity index (χ4v) is 1.77. The maximum Gasteiger partial charge on any atom is 0.277 e. The summed E-state index contributed by atoms with van der Waals surface area (Å²) in [5.41, 5.74) is 6.34. The molecule has 0 aliphatic heterocycles. The standard InChI is InChI=1S/C17H19N3O2/c1-12-6-7-16(9-13(12)2)22-11-17(21)20-19-14(3)15-5-4-8-18-10-15/h4-10H,11H2,1-3H3,(H,20,21)/b19-14-. The summed E-state index contributed by atoms with van der Waals surface area (Å²) < 4.78 is 5.45. The van der Waals surface area contributed by atoms with Crippen molar-refractivity contribution in [2.24, 2.45) is 5.10 Å². The van der Waals surface area contributed by atoms with E-state index in [9.17, 15) is 4.79 Å². The first-order valence-corrected chi connectivity index (χ1v) is 7.00. The Morgan fingerprint density at radius 2 is 2.09 bits per heavy atom. The first-order chi connectivity index (χ1) is 10.6. The zero-order chi connectivity index (χ0) is 15.9. The molecule has 0 aliphatic carbocycles. The largest absolute Gasteiger partial charge is 0.484 e. The van der Waals surface area contributed by atoms with Crippen LogP contribution in [0.4, 0.5) is 0 Å². The van der Waals surface area contributed by atoms with Crippen LogP contribution in [0, 0.1) is 13.8 Å². The van der Waals surface area contributed by atoms with Crippen molar-refractivity contribution in [2.75, 3.05) is 6.61 Å². The molecule has 0 aliphatic rings. The molecule has 0 saturated carbocycles. The number of ether oxygens (including phenoxy) is 1. The number of hydrogen-bond acceptors (Lipinski definition) is 4. The van der Waals surface area contributed by atoms with Gasteiger partial charge in [-0.15, -0.1) is 0 Å². The molecule has 2 rings (SSSR count). The van der Waals surface area contributed by atoms with E-state index in [0.717, 1.165) is 11.1 Å². The van der Waals surface area contributed by atoms with Gasteiger partial charge in [-0.1, -0.05) is 12.1 Å². The molecular weight excluding hydrogens is 278 g/mol. The molecular formula is C17H19N3O2. The van der Waals surface area contributed by atoms with E-state index >= 15 is 0 Å². The van der Waals surface area contributed by atoms with E-state index in [1.807, 2.05) is 51.1 Å². The number of nitrogens with one attached hydrogen (secondary N) is 1. The van der Waals surface area contributed by atoms with Crippen molar-refractivity contribution in [3.63, 3.8) is 0 Å². The fraction of sp³-hybridized carbons (Fsp3) is 0.235.